The lowest BCUT2D eigenvalue weighted by atomic mass is 9.93. The summed E-state index contributed by atoms with van der Waals surface area (Å²) in [5.74, 6) is 1.67. The molecule has 3 heteroatoms. The van der Waals surface area contributed by atoms with E-state index in [0.717, 1.165) is 11.3 Å². The van der Waals surface area contributed by atoms with Crippen LogP contribution in [0.1, 0.15) is 31.4 Å². The molecule has 88 valence electrons. The van der Waals surface area contributed by atoms with Gasteiger partial charge in [0.2, 0.25) is 0 Å². The van der Waals surface area contributed by atoms with E-state index in [-0.39, 0.29) is 5.92 Å². The third kappa shape index (κ3) is 2.33. The van der Waals surface area contributed by atoms with Crippen molar-refractivity contribution in [2.24, 2.45) is 11.8 Å². The van der Waals surface area contributed by atoms with Crippen LogP contribution in [0.5, 0.6) is 5.75 Å². The summed E-state index contributed by atoms with van der Waals surface area (Å²) in [5, 5.41) is 10.8. The Morgan fingerprint density at radius 1 is 1.44 bits per heavy atom. The summed E-state index contributed by atoms with van der Waals surface area (Å²) < 4.78 is 5.08. The minimum absolute atomic E-state index is 0.283. The first-order chi connectivity index (χ1) is 7.63. The van der Waals surface area contributed by atoms with Gasteiger partial charge in [-0.15, -0.1) is 0 Å². The zero-order valence-corrected chi connectivity index (χ0v) is 10.4. The van der Waals surface area contributed by atoms with Gasteiger partial charge in [-0.25, -0.2) is 0 Å². The van der Waals surface area contributed by atoms with Gasteiger partial charge < -0.3 is 9.84 Å². The predicted molar refractivity (Wildman–Crippen MR) is 64.9 cm³/mol. The summed E-state index contributed by atoms with van der Waals surface area (Å²) in [5.41, 5.74) is 0.807. The van der Waals surface area contributed by atoms with Gasteiger partial charge in [0.15, 0.2) is 0 Å². The Kier molecular flexibility index (Phi) is 3.41. The molecule has 16 heavy (non-hydrogen) atoms. The van der Waals surface area contributed by atoms with E-state index in [0.29, 0.717) is 10.9 Å². The Balaban J connectivity index is 2.18. The summed E-state index contributed by atoms with van der Waals surface area (Å²) in [7, 11) is 1.61. The van der Waals surface area contributed by atoms with Crippen LogP contribution in [0.25, 0.3) is 0 Å². The van der Waals surface area contributed by atoms with Gasteiger partial charge in [0, 0.05) is 0 Å². The highest BCUT2D eigenvalue weighted by Gasteiger charge is 2.33. The van der Waals surface area contributed by atoms with Crippen LogP contribution >= 0.6 is 11.6 Å². The molecule has 2 unspecified atom stereocenters. The summed E-state index contributed by atoms with van der Waals surface area (Å²) in [6.07, 6.45) is 1.99. The predicted octanol–water partition coefficient (Wildman–Crippen LogP) is 3.43. The van der Waals surface area contributed by atoms with Crippen LogP contribution in [0.2, 0.25) is 5.02 Å². The lowest BCUT2D eigenvalue weighted by Gasteiger charge is -2.20. The molecule has 0 amide bonds. The van der Waals surface area contributed by atoms with E-state index in [2.05, 4.69) is 6.92 Å². The third-order valence-corrected chi connectivity index (χ3v) is 3.72. The number of aliphatic hydroxyl groups excluding tert-OH is 1. The molecular weight excluding hydrogens is 224 g/mol. The Morgan fingerprint density at radius 2 is 2.12 bits per heavy atom. The van der Waals surface area contributed by atoms with Crippen molar-refractivity contribution >= 4 is 11.6 Å². The maximum Gasteiger partial charge on any atom is 0.120 e. The maximum absolute atomic E-state index is 10.2. The van der Waals surface area contributed by atoms with E-state index in [1.54, 1.807) is 13.2 Å². The monoisotopic (exact) mass is 240 g/mol. The SMILES string of the molecule is COc1ccc(C(O)C(C)C2CC2)c(Cl)c1. The average molecular weight is 241 g/mol. The molecule has 0 saturated heterocycles. The van der Waals surface area contributed by atoms with Gasteiger partial charge in [0.1, 0.15) is 5.75 Å². The zero-order chi connectivity index (χ0) is 11.7. The molecule has 0 radical (unpaired) electrons. The van der Waals surface area contributed by atoms with E-state index < -0.39 is 6.10 Å². The number of aliphatic hydroxyl groups is 1. The third-order valence-electron chi connectivity index (χ3n) is 3.39. The first-order valence-electron chi connectivity index (χ1n) is 5.65. The molecule has 0 heterocycles. The number of ether oxygens (including phenoxy) is 1. The van der Waals surface area contributed by atoms with E-state index >= 15 is 0 Å². The summed E-state index contributed by atoms with van der Waals surface area (Å²) in [6, 6.07) is 5.44. The molecule has 1 saturated carbocycles. The van der Waals surface area contributed by atoms with Crippen molar-refractivity contribution in [1.29, 1.82) is 0 Å². The standard InChI is InChI=1S/C13H17ClO2/c1-8(9-3-4-9)13(15)11-6-5-10(16-2)7-12(11)14/h5-9,13,15H,3-4H2,1-2H3. The topological polar surface area (TPSA) is 29.5 Å². The van der Waals surface area contributed by atoms with Crippen LogP contribution in [0.3, 0.4) is 0 Å². The quantitative estimate of drug-likeness (QED) is 0.874. The van der Waals surface area contributed by atoms with Crippen LogP contribution in [0, 0.1) is 11.8 Å². The molecule has 2 nitrogen and oxygen atoms in total. The molecule has 0 aliphatic heterocycles. The van der Waals surface area contributed by atoms with Gasteiger partial charge in [0.25, 0.3) is 0 Å². The van der Waals surface area contributed by atoms with Crippen molar-refractivity contribution in [3.63, 3.8) is 0 Å². The Hall–Kier alpha value is -0.730. The van der Waals surface area contributed by atoms with Crippen LogP contribution in [0.15, 0.2) is 18.2 Å². The number of hydrogen-bond acceptors (Lipinski definition) is 2. The molecule has 0 aromatic heterocycles. The fraction of sp³-hybridized carbons (Fsp3) is 0.538. The van der Waals surface area contributed by atoms with Crippen molar-refractivity contribution in [3.8, 4) is 5.75 Å². The molecule has 1 aromatic rings. The number of rotatable bonds is 4. The van der Waals surface area contributed by atoms with Crippen LogP contribution in [0.4, 0.5) is 0 Å². The van der Waals surface area contributed by atoms with E-state index in [1.165, 1.54) is 12.8 Å². The Bertz CT molecular complexity index is 374. The number of hydrogen-bond donors (Lipinski definition) is 1. The van der Waals surface area contributed by atoms with Crippen LogP contribution in [-0.4, -0.2) is 12.2 Å². The highest BCUT2D eigenvalue weighted by atomic mass is 35.5. The molecule has 0 bridgehead atoms. The fourth-order valence-corrected chi connectivity index (χ4v) is 2.32. The molecule has 1 aliphatic rings. The summed E-state index contributed by atoms with van der Waals surface area (Å²) in [6.45, 7) is 2.09. The molecule has 1 N–H and O–H groups in total. The van der Waals surface area contributed by atoms with E-state index in [4.69, 9.17) is 16.3 Å². The van der Waals surface area contributed by atoms with Crippen LogP contribution in [-0.2, 0) is 0 Å². The lowest BCUT2D eigenvalue weighted by Crippen LogP contribution is -2.11. The molecule has 0 spiro atoms. The van der Waals surface area contributed by atoms with Crippen molar-refractivity contribution in [2.45, 2.75) is 25.9 Å². The number of methoxy groups -OCH3 is 1. The Labute approximate surface area is 101 Å². The molecule has 1 aromatic carbocycles. The first-order valence-corrected chi connectivity index (χ1v) is 6.02. The van der Waals surface area contributed by atoms with E-state index in [1.807, 2.05) is 12.1 Å². The van der Waals surface area contributed by atoms with Gasteiger partial charge in [-0.3, -0.25) is 0 Å². The van der Waals surface area contributed by atoms with Crippen molar-refractivity contribution in [1.82, 2.24) is 0 Å². The maximum atomic E-state index is 10.2. The second-order valence-electron chi connectivity index (χ2n) is 4.53. The normalized spacial score (nSPS) is 19.2. The molecule has 2 rings (SSSR count). The van der Waals surface area contributed by atoms with E-state index in [9.17, 15) is 5.11 Å². The fourth-order valence-electron chi connectivity index (χ4n) is 2.04. The molecular formula is C13H17ClO2. The highest BCUT2D eigenvalue weighted by Crippen LogP contribution is 2.44. The van der Waals surface area contributed by atoms with Crippen LogP contribution < -0.4 is 4.74 Å². The summed E-state index contributed by atoms with van der Waals surface area (Å²) in [4.78, 5) is 0. The smallest absolute Gasteiger partial charge is 0.120 e. The van der Waals surface area contributed by atoms with Gasteiger partial charge in [0.05, 0.1) is 18.2 Å². The average Bonchev–Trinajstić information content (AvgIpc) is 3.10. The van der Waals surface area contributed by atoms with Crippen molar-refractivity contribution in [2.75, 3.05) is 7.11 Å². The largest absolute Gasteiger partial charge is 0.497 e. The molecule has 1 fully saturated rings. The number of halogens is 1. The number of benzene rings is 1. The lowest BCUT2D eigenvalue weighted by molar-refractivity contribution is 0.106. The molecule has 2 atom stereocenters. The zero-order valence-electron chi connectivity index (χ0n) is 9.61. The van der Waals surface area contributed by atoms with Crippen molar-refractivity contribution in [3.05, 3.63) is 28.8 Å². The molecule has 1 aliphatic carbocycles. The minimum atomic E-state index is -0.467. The highest BCUT2D eigenvalue weighted by molar-refractivity contribution is 6.31. The van der Waals surface area contributed by atoms with Crippen molar-refractivity contribution < 1.29 is 9.84 Å². The second-order valence-corrected chi connectivity index (χ2v) is 4.94. The van der Waals surface area contributed by atoms with Gasteiger partial charge in [-0.05, 0) is 42.4 Å². The van der Waals surface area contributed by atoms with Gasteiger partial charge >= 0.3 is 0 Å². The first kappa shape index (κ1) is 11.7. The van der Waals surface area contributed by atoms with Gasteiger partial charge in [-0.1, -0.05) is 24.6 Å². The van der Waals surface area contributed by atoms with Gasteiger partial charge in [-0.2, -0.15) is 0 Å². The Morgan fingerprint density at radius 3 is 2.62 bits per heavy atom. The minimum Gasteiger partial charge on any atom is -0.497 e. The summed E-state index contributed by atoms with van der Waals surface area (Å²) >= 11 is 6.13. The second kappa shape index (κ2) is 4.64.